The molecule has 0 spiro atoms. The largest absolute Gasteiger partial charge is 0.321 e. The quantitative estimate of drug-likeness (QED) is 0.899. The fourth-order valence-electron chi connectivity index (χ4n) is 2.65. The third-order valence-electron chi connectivity index (χ3n) is 3.60. The van der Waals surface area contributed by atoms with Gasteiger partial charge in [-0.25, -0.2) is 8.78 Å². The minimum absolute atomic E-state index is 0.0463. The Kier molecular flexibility index (Phi) is 2.92. The molecule has 2 aliphatic rings. The second-order valence-corrected chi connectivity index (χ2v) is 5.26. The lowest BCUT2D eigenvalue weighted by atomic mass is 9.79. The van der Waals surface area contributed by atoms with E-state index in [2.05, 4.69) is 10.3 Å². The fourth-order valence-corrected chi connectivity index (χ4v) is 2.65. The molecule has 1 N–H and O–H groups in total. The van der Waals surface area contributed by atoms with E-state index in [1.54, 1.807) is 6.07 Å². The number of hydrogen-bond acceptors (Lipinski definition) is 3. The summed E-state index contributed by atoms with van der Waals surface area (Å²) >= 11 is 0. The summed E-state index contributed by atoms with van der Waals surface area (Å²) < 4.78 is 25.6. The lowest BCUT2D eigenvalue weighted by molar-refractivity contribution is -0.132. The number of carbonyl (C=O) groups excluding carboxylic acids is 2. The van der Waals surface area contributed by atoms with E-state index in [0.717, 1.165) is 0 Å². The zero-order valence-corrected chi connectivity index (χ0v) is 10.6. The molecule has 0 aromatic carbocycles. The third-order valence-corrected chi connectivity index (χ3v) is 3.60. The molecule has 3 rings (SSSR count). The standard InChI is InChI=1S/C13H13F2N3O2/c14-13(15)4-8(5-13)3-12(20)18-7-11(19)17-9-6-16-2-1-10(9)18/h1-2,6,8H,3-5,7H2,(H,17,19). The van der Waals surface area contributed by atoms with Crippen molar-refractivity contribution in [2.24, 2.45) is 5.92 Å². The summed E-state index contributed by atoms with van der Waals surface area (Å²) in [7, 11) is 0. The van der Waals surface area contributed by atoms with Crippen LogP contribution in [0.15, 0.2) is 18.5 Å². The lowest BCUT2D eigenvalue weighted by Gasteiger charge is -2.36. The van der Waals surface area contributed by atoms with E-state index >= 15 is 0 Å². The summed E-state index contributed by atoms with van der Waals surface area (Å²) in [4.78, 5) is 29.0. The van der Waals surface area contributed by atoms with Gasteiger partial charge in [-0.15, -0.1) is 0 Å². The van der Waals surface area contributed by atoms with Crippen LogP contribution in [0.3, 0.4) is 0 Å². The number of anilines is 2. The second-order valence-electron chi connectivity index (χ2n) is 5.26. The minimum atomic E-state index is -2.63. The fraction of sp³-hybridized carbons (Fsp3) is 0.462. The van der Waals surface area contributed by atoms with Gasteiger partial charge in [0.1, 0.15) is 6.54 Å². The highest BCUT2D eigenvalue weighted by molar-refractivity contribution is 6.09. The minimum Gasteiger partial charge on any atom is -0.321 e. The number of fused-ring (bicyclic) bond motifs is 1. The summed E-state index contributed by atoms with van der Waals surface area (Å²) in [6.45, 7) is -0.0844. The maximum atomic E-state index is 12.8. The van der Waals surface area contributed by atoms with Crippen molar-refractivity contribution in [1.29, 1.82) is 0 Å². The summed E-state index contributed by atoms with van der Waals surface area (Å²) in [5, 5.41) is 2.62. The predicted octanol–water partition coefficient (Wildman–Crippen LogP) is 1.80. The average Bonchev–Trinajstić information content (AvgIpc) is 2.35. The van der Waals surface area contributed by atoms with Gasteiger partial charge in [-0.1, -0.05) is 0 Å². The molecule has 5 nitrogen and oxygen atoms in total. The molecule has 0 saturated heterocycles. The van der Waals surface area contributed by atoms with Gasteiger partial charge in [0.05, 0.1) is 17.6 Å². The number of amides is 2. The zero-order valence-electron chi connectivity index (χ0n) is 10.6. The number of alkyl halides is 2. The molecule has 0 atom stereocenters. The molecule has 1 fully saturated rings. The van der Waals surface area contributed by atoms with Crippen LogP contribution in [0.2, 0.25) is 0 Å². The van der Waals surface area contributed by atoms with E-state index < -0.39 is 5.92 Å². The van der Waals surface area contributed by atoms with Crippen LogP contribution in [0.5, 0.6) is 0 Å². The smallest absolute Gasteiger partial charge is 0.248 e. The number of aromatic nitrogens is 1. The van der Waals surface area contributed by atoms with Gasteiger partial charge in [-0.2, -0.15) is 0 Å². The first-order valence-electron chi connectivity index (χ1n) is 6.37. The maximum absolute atomic E-state index is 12.8. The molecule has 1 saturated carbocycles. The van der Waals surface area contributed by atoms with E-state index in [9.17, 15) is 18.4 Å². The Balaban J connectivity index is 1.73. The van der Waals surface area contributed by atoms with Gasteiger partial charge in [0.2, 0.25) is 17.7 Å². The van der Waals surface area contributed by atoms with E-state index in [0.29, 0.717) is 11.4 Å². The van der Waals surface area contributed by atoms with Crippen LogP contribution in [0.1, 0.15) is 19.3 Å². The summed E-state index contributed by atoms with van der Waals surface area (Å²) in [6, 6.07) is 1.63. The SMILES string of the molecule is O=C1CN(C(=O)CC2CC(F)(F)C2)c2ccncc2N1. The van der Waals surface area contributed by atoms with Crippen molar-refractivity contribution in [3.8, 4) is 0 Å². The molecule has 1 aromatic rings. The van der Waals surface area contributed by atoms with E-state index in [4.69, 9.17) is 0 Å². The summed E-state index contributed by atoms with van der Waals surface area (Å²) in [5.41, 5.74) is 1.03. The highest BCUT2D eigenvalue weighted by Gasteiger charge is 2.46. The average molecular weight is 281 g/mol. The van der Waals surface area contributed by atoms with Crippen molar-refractivity contribution in [3.05, 3.63) is 18.5 Å². The first kappa shape index (κ1) is 13.0. The Morgan fingerprint density at radius 2 is 2.25 bits per heavy atom. The van der Waals surface area contributed by atoms with Crippen LogP contribution in [0, 0.1) is 5.92 Å². The number of rotatable bonds is 2. The molecule has 1 aliphatic heterocycles. The monoisotopic (exact) mass is 281 g/mol. The summed E-state index contributed by atoms with van der Waals surface area (Å²) in [5.74, 6) is -3.54. The molecular formula is C13H13F2N3O2. The molecule has 2 amide bonds. The number of nitrogens with one attached hydrogen (secondary N) is 1. The Morgan fingerprint density at radius 3 is 2.95 bits per heavy atom. The first-order chi connectivity index (χ1) is 9.44. The number of carbonyl (C=O) groups is 2. The van der Waals surface area contributed by atoms with Crippen molar-refractivity contribution in [2.75, 3.05) is 16.8 Å². The second kappa shape index (κ2) is 4.50. The highest BCUT2D eigenvalue weighted by atomic mass is 19.3. The van der Waals surface area contributed by atoms with E-state index in [-0.39, 0.29) is 43.5 Å². The van der Waals surface area contributed by atoms with Crippen LogP contribution < -0.4 is 10.2 Å². The van der Waals surface area contributed by atoms with E-state index in [1.165, 1.54) is 17.3 Å². The van der Waals surface area contributed by atoms with Crippen molar-refractivity contribution < 1.29 is 18.4 Å². The van der Waals surface area contributed by atoms with E-state index in [1.807, 2.05) is 0 Å². The van der Waals surface area contributed by atoms with Crippen molar-refractivity contribution in [1.82, 2.24) is 4.98 Å². The van der Waals surface area contributed by atoms with Crippen LogP contribution in [-0.2, 0) is 9.59 Å². The highest BCUT2D eigenvalue weighted by Crippen LogP contribution is 2.44. The summed E-state index contributed by atoms with van der Waals surface area (Å²) in [6.07, 6.45) is 2.53. The Bertz CT molecular complexity index is 568. The van der Waals surface area contributed by atoms with Crippen LogP contribution in [-0.4, -0.2) is 29.3 Å². The molecule has 0 bridgehead atoms. The molecule has 20 heavy (non-hydrogen) atoms. The zero-order chi connectivity index (χ0) is 14.3. The normalized spacial score (nSPS) is 20.9. The van der Waals surface area contributed by atoms with Gasteiger partial charge in [0, 0.05) is 25.5 Å². The van der Waals surface area contributed by atoms with Gasteiger partial charge in [0.25, 0.3) is 0 Å². The van der Waals surface area contributed by atoms with Crippen LogP contribution >= 0.6 is 0 Å². The van der Waals surface area contributed by atoms with Gasteiger partial charge in [0.15, 0.2) is 0 Å². The third kappa shape index (κ3) is 2.35. The van der Waals surface area contributed by atoms with Crippen molar-refractivity contribution >= 4 is 23.2 Å². The Hall–Kier alpha value is -2.05. The predicted molar refractivity (Wildman–Crippen MR) is 67.5 cm³/mol. The molecule has 1 aliphatic carbocycles. The van der Waals surface area contributed by atoms with Gasteiger partial charge < -0.3 is 10.2 Å². The van der Waals surface area contributed by atoms with Crippen molar-refractivity contribution in [3.63, 3.8) is 0 Å². The molecule has 0 radical (unpaired) electrons. The molecule has 0 unspecified atom stereocenters. The maximum Gasteiger partial charge on any atom is 0.248 e. The van der Waals surface area contributed by atoms with Gasteiger partial charge >= 0.3 is 0 Å². The number of pyridine rings is 1. The Morgan fingerprint density at radius 1 is 1.50 bits per heavy atom. The lowest BCUT2D eigenvalue weighted by Crippen LogP contribution is -2.45. The molecule has 106 valence electrons. The molecular weight excluding hydrogens is 268 g/mol. The van der Waals surface area contributed by atoms with Gasteiger partial charge in [-0.05, 0) is 12.0 Å². The molecule has 1 aromatic heterocycles. The first-order valence-corrected chi connectivity index (χ1v) is 6.37. The number of nitrogens with zero attached hydrogens (tertiary/aromatic N) is 2. The number of halogens is 2. The Labute approximate surface area is 114 Å². The van der Waals surface area contributed by atoms with Gasteiger partial charge in [-0.3, -0.25) is 14.6 Å². The molecule has 7 heteroatoms. The number of hydrogen-bond donors (Lipinski definition) is 1. The van der Waals surface area contributed by atoms with Crippen LogP contribution in [0.25, 0.3) is 0 Å². The van der Waals surface area contributed by atoms with Crippen LogP contribution in [0.4, 0.5) is 20.2 Å². The molecule has 2 heterocycles. The van der Waals surface area contributed by atoms with Crippen molar-refractivity contribution in [2.45, 2.75) is 25.2 Å². The topological polar surface area (TPSA) is 62.3 Å².